The van der Waals surface area contributed by atoms with E-state index in [0.717, 1.165) is 16.7 Å². The molecule has 0 amide bonds. The van der Waals surface area contributed by atoms with Gasteiger partial charge in [0.15, 0.2) is 5.58 Å². The van der Waals surface area contributed by atoms with E-state index in [9.17, 15) is 0 Å². The maximum Gasteiger partial charge on any atom is 0.206 e. The molecule has 0 unspecified atom stereocenters. The second kappa shape index (κ2) is 3.47. The van der Waals surface area contributed by atoms with Crippen LogP contribution in [0.3, 0.4) is 0 Å². The van der Waals surface area contributed by atoms with E-state index in [2.05, 4.69) is 20.9 Å². The third-order valence-corrected chi connectivity index (χ3v) is 2.33. The number of nitrogens with two attached hydrogens (primary N) is 1. The SMILES string of the molecule is NCc1ccc2nc(CBr)oc2c1. The van der Waals surface area contributed by atoms with E-state index < -0.39 is 0 Å². The lowest BCUT2D eigenvalue weighted by molar-refractivity contribution is 0.557. The van der Waals surface area contributed by atoms with Crippen molar-refractivity contribution in [3.63, 3.8) is 0 Å². The molecule has 0 saturated heterocycles. The van der Waals surface area contributed by atoms with Crippen molar-refractivity contribution in [3.8, 4) is 0 Å². The predicted octanol–water partition coefficient (Wildman–Crippen LogP) is 2.18. The zero-order valence-corrected chi connectivity index (χ0v) is 8.54. The lowest BCUT2D eigenvalue weighted by atomic mass is 10.2. The molecule has 1 heterocycles. The van der Waals surface area contributed by atoms with Crippen molar-refractivity contribution in [1.82, 2.24) is 4.98 Å². The average molecular weight is 241 g/mol. The Morgan fingerprint density at radius 2 is 2.31 bits per heavy atom. The third-order valence-electron chi connectivity index (χ3n) is 1.85. The molecule has 0 atom stereocenters. The number of hydrogen-bond donors (Lipinski definition) is 1. The number of oxazole rings is 1. The summed E-state index contributed by atoms with van der Waals surface area (Å²) >= 11 is 3.29. The highest BCUT2D eigenvalue weighted by atomic mass is 79.9. The van der Waals surface area contributed by atoms with E-state index in [1.54, 1.807) is 0 Å². The normalized spacial score (nSPS) is 10.9. The summed E-state index contributed by atoms with van der Waals surface area (Å²) in [6.45, 7) is 0.528. The first kappa shape index (κ1) is 8.72. The first-order valence-electron chi connectivity index (χ1n) is 3.98. The highest BCUT2D eigenvalue weighted by Gasteiger charge is 2.03. The molecule has 3 nitrogen and oxygen atoms in total. The second-order valence-electron chi connectivity index (χ2n) is 2.75. The van der Waals surface area contributed by atoms with Gasteiger partial charge in [0.25, 0.3) is 0 Å². The number of nitrogens with zero attached hydrogens (tertiary/aromatic N) is 1. The monoisotopic (exact) mass is 240 g/mol. The fraction of sp³-hybridized carbons (Fsp3) is 0.222. The number of halogens is 1. The Hall–Kier alpha value is -0.870. The highest BCUT2D eigenvalue weighted by molar-refractivity contribution is 9.08. The fourth-order valence-corrected chi connectivity index (χ4v) is 1.44. The molecular weight excluding hydrogens is 232 g/mol. The van der Waals surface area contributed by atoms with Crippen molar-refractivity contribution in [1.29, 1.82) is 0 Å². The van der Waals surface area contributed by atoms with Crippen LogP contribution in [0.1, 0.15) is 11.5 Å². The van der Waals surface area contributed by atoms with Gasteiger partial charge in [-0.15, -0.1) is 0 Å². The minimum atomic E-state index is 0.528. The molecule has 0 aliphatic carbocycles. The summed E-state index contributed by atoms with van der Waals surface area (Å²) in [6.07, 6.45) is 0. The molecule has 4 heteroatoms. The summed E-state index contributed by atoms with van der Waals surface area (Å²) in [6, 6.07) is 5.81. The van der Waals surface area contributed by atoms with Crippen LogP contribution in [0, 0.1) is 0 Å². The largest absolute Gasteiger partial charge is 0.440 e. The lowest BCUT2D eigenvalue weighted by Gasteiger charge is -1.92. The summed E-state index contributed by atoms with van der Waals surface area (Å²) in [7, 11) is 0. The van der Waals surface area contributed by atoms with Gasteiger partial charge in [0.05, 0.1) is 5.33 Å². The number of hydrogen-bond acceptors (Lipinski definition) is 3. The van der Waals surface area contributed by atoms with E-state index in [1.165, 1.54) is 0 Å². The second-order valence-corrected chi connectivity index (χ2v) is 3.31. The number of benzene rings is 1. The van der Waals surface area contributed by atoms with Crippen LogP contribution in [0.2, 0.25) is 0 Å². The van der Waals surface area contributed by atoms with E-state index in [4.69, 9.17) is 10.2 Å². The molecule has 0 spiro atoms. The van der Waals surface area contributed by atoms with Gasteiger partial charge in [-0.25, -0.2) is 4.98 Å². The summed E-state index contributed by atoms with van der Waals surface area (Å²) in [5.74, 6) is 0.698. The van der Waals surface area contributed by atoms with Crippen LogP contribution < -0.4 is 5.73 Å². The average Bonchev–Trinajstić information content (AvgIpc) is 2.58. The zero-order chi connectivity index (χ0) is 9.26. The van der Waals surface area contributed by atoms with Crippen LogP contribution in [-0.4, -0.2) is 4.98 Å². The van der Waals surface area contributed by atoms with Crippen LogP contribution in [-0.2, 0) is 11.9 Å². The first-order valence-corrected chi connectivity index (χ1v) is 5.10. The summed E-state index contributed by atoms with van der Waals surface area (Å²) < 4.78 is 5.45. The van der Waals surface area contributed by atoms with Crippen LogP contribution in [0.5, 0.6) is 0 Å². The van der Waals surface area contributed by atoms with Gasteiger partial charge < -0.3 is 10.2 Å². The van der Waals surface area contributed by atoms with Crippen LogP contribution in [0.15, 0.2) is 22.6 Å². The Morgan fingerprint density at radius 3 is 3.00 bits per heavy atom. The zero-order valence-electron chi connectivity index (χ0n) is 6.96. The van der Waals surface area contributed by atoms with Gasteiger partial charge in [-0.05, 0) is 17.7 Å². The predicted molar refractivity (Wildman–Crippen MR) is 54.5 cm³/mol. The Morgan fingerprint density at radius 1 is 1.46 bits per heavy atom. The first-order chi connectivity index (χ1) is 6.33. The number of fused-ring (bicyclic) bond motifs is 1. The van der Waals surface area contributed by atoms with E-state index in [0.29, 0.717) is 17.8 Å². The van der Waals surface area contributed by atoms with Gasteiger partial charge in [-0.3, -0.25) is 0 Å². The van der Waals surface area contributed by atoms with Crippen LogP contribution in [0.4, 0.5) is 0 Å². The molecule has 2 rings (SSSR count). The standard InChI is InChI=1S/C9H9BrN2O/c10-4-9-12-7-2-1-6(5-11)3-8(7)13-9/h1-3H,4-5,11H2. The Bertz CT molecular complexity index is 422. The molecular formula is C9H9BrN2O. The third kappa shape index (κ3) is 1.59. The van der Waals surface area contributed by atoms with Crippen molar-refractivity contribution in [2.75, 3.05) is 0 Å². The topological polar surface area (TPSA) is 52.0 Å². The molecule has 0 saturated carbocycles. The van der Waals surface area contributed by atoms with Crippen molar-refractivity contribution in [2.24, 2.45) is 5.73 Å². The maximum absolute atomic E-state index is 5.51. The van der Waals surface area contributed by atoms with Crippen LogP contribution in [0.25, 0.3) is 11.1 Å². The van der Waals surface area contributed by atoms with Gasteiger partial charge >= 0.3 is 0 Å². The van der Waals surface area contributed by atoms with Gasteiger partial charge in [0.2, 0.25) is 5.89 Å². The van der Waals surface area contributed by atoms with Crippen molar-refractivity contribution in [2.45, 2.75) is 11.9 Å². The van der Waals surface area contributed by atoms with Gasteiger partial charge in [0, 0.05) is 6.54 Å². The molecule has 0 bridgehead atoms. The smallest absolute Gasteiger partial charge is 0.206 e. The summed E-state index contributed by atoms with van der Waals surface area (Å²) in [5.41, 5.74) is 8.25. The number of rotatable bonds is 2. The quantitative estimate of drug-likeness (QED) is 0.820. The molecule has 0 fully saturated rings. The fourth-order valence-electron chi connectivity index (χ4n) is 1.20. The Labute approximate surface area is 84.1 Å². The minimum Gasteiger partial charge on any atom is -0.440 e. The number of alkyl halides is 1. The molecule has 0 radical (unpaired) electrons. The minimum absolute atomic E-state index is 0.528. The van der Waals surface area contributed by atoms with Gasteiger partial charge in [-0.1, -0.05) is 22.0 Å². The highest BCUT2D eigenvalue weighted by Crippen LogP contribution is 2.18. The Kier molecular flexibility index (Phi) is 2.33. The van der Waals surface area contributed by atoms with E-state index in [1.807, 2.05) is 18.2 Å². The maximum atomic E-state index is 5.51. The van der Waals surface area contributed by atoms with E-state index >= 15 is 0 Å². The summed E-state index contributed by atoms with van der Waals surface area (Å²) in [4.78, 5) is 4.25. The molecule has 68 valence electrons. The van der Waals surface area contributed by atoms with Gasteiger partial charge in [-0.2, -0.15) is 0 Å². The van der Waals surface area contributed by atoms with Crippen molar-refractivity contribution >= 4 is 27.0 Å². The van der Waals surface area contributed by atoms with Crippen LogP contribution >= 0.6 is 15.9 Å². The molecule has 0 aliphatic heterocycles. The molecule has 2 N–H and O–H groups in total. The molecule has 0 aliphatic rings. The molecule has 1 aromatic carbocycles. The Balaban J connectivity index is 2.57. The van der Waals surface area contributed by atoms with Crippen molar-refractivity contribution < 1.29 is 4.42 Å². The van der Waals surface area contributed by atoms with Gasteiger partial charge in [0.1, 0.15) is 5.52 Å². The molecule has 2 aromatic rings. The molecule has 1 aromatic heterocycles. The lowest BCUT2D eigenvalue weighted by Crippen LogP contribution is -1.94. The number of aromatic nitrogens is 1. The van der Waals surface area contributed by atoms with E-state index in [-0.39, 0.29) is 0 Å². The molecule has 13 heavy (non-hydrogen) atoms. The van der Waals surface area contributed by atoms with Crippen molar-refractivity contribution in [3.05, 3.63) is 29.7 Å². The summed E-state index contributed by atoms with van der Waals surface area (Å²) in [5, 5.41) is 0.639.